The summed E-state index contributed by atoms with van der Waals surface area (Å²) in [5, 5.41) is 1.69. The molecule has 0 amide bonds. The lowest BCUT2D eigenvalue weighted by atomic mass is 10.1. The summed E-state index contributed by atoms with van der Waals surface area (Å²) in [6.07, 6.45) is 1.05. The number of nitrogens with one attached hydrogen (secondary N) is 1. The van der Waals surface area contributed by atoms with Gasteiger partial charge in [0, 0.05) is 36.1 Å². The normalized spacial score (nSPS) is 15.9. The van der Waals surface area contributed by atoms with Crippen LogP contribution in [0.2, 0.25) is 0 Å². The van der Waals surface area contributed by atoms with Gasteiger partial charge in [0.25, 0.3) is 10.0 Å². The van der Waals surface area contributed by atoms with Crippen molar-refractivity contribution in [1.29, 1.82) is 0 Å². The van der Waals surface area contributed by atoms with Crippen LogP contribution < -0.4 is 9.62 Å². The van der Waals surface area contributed by atoms with Crippen LogP contribution in [-0.2, 0) is 10.0 Å². The van der Waals surface area contributed by atoms with Crippen LogP contribution >= 0.6 is 0 Å². The Morgan fingerprint density at radius 2 is 1.63 bits per heavy atom. The van der Waals surface area contributed by atoms with Crippen LogP contribution in [0.1, 0.15) is 6.42 Å². The number of hydrogen-bond acceptors (Lipinski definition) is 4. The van der Waals surface area contributed by atoms with Crippen LogP contribution in [0.25, 0.3) is 10.8 Å². The molecule has 5 nitrogen and oxygen atoms in total. The Balaban J connectivity index is 1.71. The third-order valence-corrected chi connectivity index (χ3v) is 6.77. The molecule has 1 fully saturated rings. The van der Waals surface area contributed by atoms with E-state index in [4.69, 9.17) is 0 Å². The lowest BCUT2D eigenvalue weighted by Gasteiger charge is -2.25. The molecule has 3 aromatic carbocycles. The van der Waals surface area contributed by atoms with Gasteiger partial charge >= 0.3 is 0 Å². The first kappa shape index (κ1) is 20.6. The van der Waals surface area contributed by atoms with Gasteiger partial charge in [-0.1, -0.05) is 24.3 Å². The average molecular weight is 432 g/mol. The first-order valence-corrected chi connectivity index (χ1v) is 11.3. The summed E-state index contributed by atoms with van der Waals surface area (Å²) in [6.45, 7) is 3.81. The van der Waals surface area contributed by atoms with Gasteiger partial charge in [-0.3, -0.25) is 4.72 Å². The van der Waals surface area contributed by atoms with E-state index in [-0.39, 0.29) is 4.90 Å². The van der Waals surface area contributed by atoms with Crippen molar-refractivity contribution in [2.45, 2.75) is 11.3 Å². The molecule has 1 aliphatic heterocycles. The molecule has 0 aromatic heterocycles. The second-order valence-electron chi connectivity index (χ2n) is 7.50. The Morgan fingerprint density at radius 3 is 2.40 bits per heavy atom. The molecule has 1 saturated heterocycles. The summed E-state index contributed by atoms with van der Waals surface area (Å²) < 4.78 is 54.8. The third-order valence-electron chi connectivity index (χ3n) is 5.41. The lowest BCUT2D eigenvalue weighted by Crippen LogP contribution is -2.28. The largest absolute Gasteiger partial charge is 0.370 e. The smallest absolute Gasteiger partial charge is 0.262 e. The van der Waals surface area contributed by atoms with E-state index >= 15 is 0 Å². The number of nitrogens with zero attached hydrogens (tertiary/aromatic N) is 2. The van der Waals surface area contributed by atoms with Gasteiger partial charge in [0.05, 0.1) is 10.6 Å². The zero-order valence-corrected chi connectivity index (χ0v) is 17.4. The maximum Gasteiger partial charge on any atom is 0.262 e. The van der Waals surface area contributed by atoms with E-state index in [1.54, 1.807) is 6.07 Å². The van der Waals surface area contributed by atoms with Crippen LogP contribution in [-0.4, -0.2) is 46.5 Å². The van der Waals surface area contributed by atoms with Gasteiger partial charge in [-0.2, -0.15) is 0 Å². The number of rotatable bonds is 4. The molecule has 0 saturated carbocycles. The van der Waals surface area contributed by atoms with Crippen molar-refractivity contribution in [3.05, 3.63) is 66.2 Å². The fourth-order valence-corrected chi connectivity index (χ4v) is 4.87. The quantitative estimate of drug-likeness (QED) is 0.677. The molecule has 0 aliphatic carbocycles. The van der Waals surface area contributed by atoms with Gasteiger partial charge in [0.2, 0.25) is 0 Å². The second-order valence-corrected chi connectivity index (χ2v) is 9.19. The van der Waals surface area contributed by atoms with Gasteiger partial charge in [-0.25, -0.2) is 17.2 Å². The molecule has 1 N–H and O–H groups in total. The molecule has 30 heavy (non-hydrogen) atoms. The number of anilines is 2. The van der Waals surface area contributed by atoms with Crippen molar-refractivity contribution in [2.75, 3.05) is 42.8 Å². The number of hydrogen-bond donors (Lipinski definition) is 1. The van der Waals surface area contributed by atoms with Crippen molar-refractivity contribution >= 4 is 32.2 Å². The summed E-state index contributed by atoms with van der Waals surface area (Å²) in [5.74, 6) is -2.30. The topological polar surface area (TPSA) is 52.6 Å². The van der Waals surface area contributed by atoms with Crippen LogP contribution in [0.4, 0.5) is 20.2 Å². The number of fused-ring (bicyclic) bond motifs is 1. The Labute approximate surface area is 175 Å². The zero-order valence-electron chi connectivity index (χ0n) is 16.6. The first-order valence-electron chi connectivity index (χ1n) is 9.78. The summed E-state index contributed by atoms with van der Waals surface area (Å²) in [4.78, 5) is 4.29. The van der Waals surface area contributed by atoms with Gasteiger partial charge in [-0.15, -0.1) is 0 Å². The van der Waals surface area contributed by atoms with E-state index in [1.807, 2.05) is 30.3 Å². The van der Waals surface area contributed by atoms with Crippen molar-refractivity contribution < 1.29 is 17.2 Å². The molecule has 1 aliphatic rings. The predicted molar refractivity (Wildman–Crippen MR) is 115 cm³/mol. The summed E-state index contributed by atoms with van der Waals surface area (Å²) in [6, 6.07) is 13.8. The predicted octanol–water partition coefficient (Wildman–Crippen LogP) is 4.06. The Bertz CT molecular complexity index is 1180. The van der Waals surface area contributed by atoms with E-state index < -0.39 is 21.7 Å². The van der Waals surface area contributed by atoms with E-state index in [0.29, 0.717) is 11.8 Å². The number of likely N-dealkylation sites (N-methyl/N-ethyl adjacent to an activating group) is 1. The zero-order chi connectivity index (χ0) is 21.3. The maximum absolute atomic E-state index is 13.5. The fourth-order valence-electron chi connectivity index (χ4n) is 3.78. The molecule has 0 spiro atoms. The van der Waals surface area contributed by atoms with Crippen molar-refractivity contribution in [3.63, 3.8) is 0 Å². The lowest BCUT2D eigenvalue weighted by molar-refractivity contribution is 0.360. The van der Waals surface area contributed by atoms with E-state index in [2.05, 4.69) is 21.6 Å². The molecule has 0 unspecified atom stereocenters. The standard InChI is InChI=1S/C22H23F2N3O2S/c1-26-11-4-12-27(14-13-26)22-10-9-21(17-5-2-3-6-18(17)22)25-30(28,29)16-7-8-19(23)20(24)15-16/h2-3,5-10,15,25H,4,11-14H2,1H3. The number of benzene rings is 3. The molecular weight excluding hydrogens is 408 g/mol. The fraction of sp³-hybridized carbons (Fsp3) is 0.273. The Morgan fingerprint density at radius 1 is 0.867 bits per heavy atom. The summed E-state index contributed by atoms with van der Waals surface area (Å²) in [7, 11) is -1.96. The molecule has 1 heterocycles. The third kappa shape index (κ3) is 4.11. The van der Waals surface area contributed by atoms with E-state index in [0.717, 1.165) is 61.2 Å². The SMILES string of the molecule is CN1CCCN(c2ccc(NS(=O)(=O)c3ccc(F)c(F)c3)c3ccccc23)CC1. The molecule has 4 rings (SSSR count). The van der Waals surface area contributed by atoms with Gasteiger partial charge < -0.3 is 9.80 Å². The summed E-state index contributed by atoms with van der Waals surface area (Å²) >= 11 is 0. The van der Waals surface area contributed by atoms with Crippen LogP contribution in [0.3, 0.4) is 0 Å². The second kappa shape index (κ2) is 8.20. The van der Waals surface area contributed by atoms with E-state index in [9.17, 15) is 17.2 Å². The average Bonchev–Trinajstić information content (AvgIpc) is 2.94. The summed E-state index contributed by atoms with van der Waals surface area (Å²) in [5.41, 5.74) is 1.45. The first-order chi connectivity index (χ1) is 14.3. The van der Waals surface area contributed by atoms with Crippen molar-refractivity contribution in [1.82, 2.24) is 4.90 Å². The molecular formula is C22H23F2N3O2S. The van der Waals surface area contributed by atoms with Crippen LogP contribution in [0.5, 0.6) is 0 Å². The molecule has 3 aromatic rings. The maximum atomic E-state index is 13.5. The van der Waals surface area contributed by atoms with Crippen molar-refractivity contribution in [2.24, 2.45) is 0 Å². The minimum absolute atomic E-state index is 0.329. The minimum atomic E-state index is -4.07. The highest BCUT2D eigenvalue weighted by Gasteiger charge is 2.20. The Hall–Kier alpha value is -2.71. The van der Waals surface area contributed by atoms with E-state index in [1.165, 1.54) is 0 Å². The van der Waals surface area contributed by atoms with Gasteiger partial charge in [0.1, 0.15) is 0 Å². The minimum Gasteiger partial charge on any atom is -0.370 e. The molecule has 0 bridgehead atoms. The number of halogens is 2. The van der Waals surface area contributed by atoms with Gasteiger partial charge in [0.15, 0.2) is 11.6 Å². The van der Waals surface area contributed by atoms with Crippen LogP contribution in [0, 0.1) is 11.6 Å². The molecule has 158 valence electrons. The van der Waals surface area contributed by atoms with Crippen molar-refractivity contribution in [3.8, 4) is 0 Å². The van der Waals surface area contributed by atoms with Crippen LogP contribution in [0.15, 0.2) is 59.5 Å². The molecule has 8 heteroatoms. The monoisotopic (exact) mass is 431 g/mol. The highest BCUT2D eigenvalue weighted by molar-refractivity contribution is 7.92. The van der Waals surface area contributed by atoms with Gasteiger partial charge in [-0.05, 0) is 50.3 Å². The highest BCUT2D eigenvalue weighted by atomic mass is 32.2. The molecule has 0 radical (unpaired) electrons. The Kier molecular flexibility index (Phi) is 5.62. The number of sulfonamides is 1. The highest BCUT2D eigenvalue weighted by Crippen LogP contribution is 2.34. The molecule has 0 atom stereocenters.